The zero-order valence-electron chi connectivity index (χ0n) is 12.5. The fourth-order valence-corrected chi connectivity index (χ4v) is 2.46. The number of nitro benzene ring substituents is 1. The highest BCUT2D eigenvalue weighted by Crippen LogP contribution is 2.30. The van der Waals surface area contributed by atoms with Crippen LogP contribution in [0.4, 0.5) is 5.69 Å². The molecule has 7 nitrogen and oxygen atoms in total. The van der Waals surface area contributed by atoms with Gasteiger partial charge in [0.15, 0.2) is 11.5 Å². The first-order valence-electron chi connectivity index (χ1n) is 7.15. The number of nitrogens with one attached hydrogen (secondary N) is 1. The number of carbonyl (C=O) groups is 1. The Labute approximate surface area is 142 Å². The lowest BCUT2D eigenvalue weighted by Crippen LogP contribution is -2.23. The molecule has 2 aromatic rings. The molecule has 1 N–H and O–H groups in total. The number of carbonyl (C=O) groups excluding carboxylic acids is 1. The first kappa shape index (κ1) is 16.1. The molecule has 1 heterocycles. The van der Waals surface area contributed by atoms with Crippen molar-refractivity contribution in [3.05, 3.63) is 62.7 Å². The van der Waals surface area contributed by atoms with Crippen LogP contribution in [-0.4, -0.2) is 24.0 Å². The van der Waals surface area contributed by atoms with Gasteiger partial charge in [-0.3, -0.25) is 14.9 Å². The molecule has 0 atom stereocenters. The molecule has 0 spiro atoms. The maximum absolute atomic E-state index is 12.2. The van der Waals surface area contributed by atoms with Gasteiger partial charge in [-0.25, -0.2) is 0 Å². The molecule has 1 aliphatic rings. The summed E-state index contributed by atoms with van der Waals surface area (Å²) in [6.45, 7) is 1.25. The number of nitro groups is 1. The lowest BCUT2D eigenvalue weighted by atomic mass is 10.1. The van der Waals surface area contributed by atoms with Gasteiger partial charge in [0.05, 0.1) is 4.92 Å². The Morgan fingerprint density at radius 2 is 1.92 bits per heavy atom. The van der Waals surface area contributed by atoms with Gasteiger partial charge in [0.25, 0.3) is 11.6 Å². The first-order chi connectivity index (χ1) is 11.5. The number of benzene rings is 2. The number of nitrogens with zero attached hydrogens (tertiary/aromatic N) is 1. The van der Waals surface area contributed by atoms with Gasteiger partial charge in [-0.1, -0.05) is 17.7 Å². The second-order valence-electron chi connectivity index (χ2n) is 5.08. The number of hydrogen-bond donors (Lipinski definition) is 1. The highest BCUT2D eigenvalue weighted by atomic mass is 35.5. The SMILES string of the molecule is O=C(NCc1ccc2c(c1)OCCO2)c1ccc(Cl)c([N+](=O)[O-])c1. The molecular formula is C16H13ClN2O5. The molecule has 124 valence electrons. The summed E-state index contributed by atoms with van der Waals surface area (Å²) in [5.41, 5.74) is 0.698. The summed E-state index contributed by atoms with van der Waals surface area (Å²) in [6.07, 6.45) is 0. The number of rotatable bonds is 4. The van der Waals surface area contributed by atoms with E-state index in [0.717, 1.165) is 11.6 Å². The van der Waals surface area contributed by atoms with Crippen molar-refractivity contribution in [3.8, 4) is 11.5 Å². The van der Waals surface area contributed by atoms with Crippen molar-refractivity contribution in [2.75, 3.05) is 13.2 Å². The van der Waals surface area contributed by atoms with Crippen molar-refractivity contribution in [3.63, 3.8) is 0 Å². The largest absolute Gasteiger partial charge is 0.486 e. The van der Waals surface area contributed by atoms with E-state index in [9.17, 15) is 14.9 Å². The van der Waals surface area contributed by atoms with Crippen molar-refractivity contribution in [1.29, 1.82) is 0 Å². The zero-order valence-corrected chi connectivity index (χ0v) is 13.2. The third kappa shape index (κ3) is 3.41. The number of amides is 1. The number of fused-ring (bicyclic) bond motifs is 1. The summed E-state index contributed by atoms with van der Waals surface area (Å²) in [5, 5.41) is 13.6. The molecule has 0 fully saturated rings. The highest BCUT2D eigenvalue weighted by Gasteiger charge is 2.17. The Balaban J connectivity index is 1.69. The molecule has 1 amide bonds. The standard InChI is InChI=1S/C16H13ClN2O5/c17-12-3-2-11(8-13(12)19(21)22)16(20)18-9-10-1-4-14-15(7-10)24-6-5-23-14/h1-4,7-8H,5-6,9H2,(H,18,20). The number of hydrogen-bond acceptors (Lipinski definition) is 5. The maximum atomic E-state index is 12.2. The maximum Gasteiger partial charge on any atom is 0.288 e. The monoisotopic (exact) mass is 348 g/mol. The Morgan fingerprint density at radius 3 is 2.67 bits per heavy atom. The summed E-state index contributed by atoms with van der Waals surface area (Å²) in [5.74, 6) is 0.879. The summed E-state index contributed by atoms with van der Waals surface area (Å²) in [4.78, 5) is 22.4. The van der Waals surface area contributed by atoms with Crippen LogP contribution in [0, 0.1) is 10.1 Å². The molecule has 8 heteroatoms. The van der Waals surface area contributed by atoms with Crippen LogP contribution in [0.3, 0.4) is 0 Å². The highest BCUT2D eigenvalue weighted by molar-refractivity contribution is 6.32. The van der Waals surface area contributed by atoms with E-state index >= 15 is 0 Å². The van der Waals surface area contributed by atoms with Crippen LogP contribution in [0.2, 0.25) is 5.02 Å². The fourth-order valence-electron chi connectivity index (χ4n) is 2.28. The Kier molecular flexibility index (Phi) is 4.52. The van der Waals surface area contributed by atoms with Crippen molar-refractivity contribution in [2.45, 2.75) is 6.54 Å². The molecule has 1 aliphatic heterocycles. The second-order valence-corrected chi connectivity index (χ2v) is 5.49. The number of halogens is 1. The minimum Gasteiger partial charge on any atom is -0.486 e. The third-order valence-corrected chi connectivity index (χ3v) is 3.78. The molecule has 0 saturated heterocycles. The van der Waals surface area contributed by atoms with E-state index in [1.54, 1.807) is 12.1 Å². The van der Waals surface area contributed by atoms with Crippen LogP contribution < -0.4 is 14.8 Å². The van der Waals surface area contributed by atoms with E-state index in [1.807, 2.05) is 6.07 Å². The summed E-state index contributed by atoms with van der Waals surface area (Å²) in [7, 11) is 0. The van der Waals surface area contributed by atoms with Crippen LogP contribution in [0.25, 0.3) is 0 Å². The van der Waals surface area contributed by atoms with Crippen LogP contribution in [0.5, 0.6) is 11.5 Å². The molecule has 24 heavy (non-hydrogen) atoms. The van der Waals surface area contributed by atoms with Crippen molar-refractivity contribution in [1.82, 2.24) is 5.32 Å². The molecule has 0 unspecified atom stereocenters. The van der Waals surface area contributed by atoms with E-state index < -0.39 is 10.8 Å². The zero-order chi connectivity index (χ0) is 17.1. The second kappa shape index (κ2) is 6.76. The van der Waals surface area contributed by atoms with Crippen LogP contribution >= 0.6 is 11.6 Å². The van der Waals surface area contributed by atoms with E-state index in [1.165, 1.54) is 12.1 Å². The van der Waals surface area contributed by atoms with Gasteiger partial charge in [0.1, 0.15) is 18.2 Å². The molecule has 0 bridgehead atoms. The van der Waals surface area contributed by atoms with Crippen molar-refractivity contribution in [2.24, 2.45) is 0 Å². The van der Waals surface area contributed by atoms with Gasteiger partial charge in [-0.05, 0) is 29.8 Å². The van der Waals surface area contributed by atoms with Crippen LogP contribution in [-0.2, 0) is 6.54 Å². The molecular weight excluding hydrogens is 336 g/mol. The van der Waals surface area contributed by atoms with Gasteiger partial charge >= 0.3 is 0 Å². The molecule has 3 rings (SSSR count). The van der Waals surface area contributed by atoms with Gasteiger partial charge in [0, 0.05) is 18.2 Å². The van der Waals surface area contributed by atoms with Crippen molar-refractivity contribution < 1.29 is 19.2 Å². The smallest absolute Gasteiger partial charge is 0.288 e. The molecule has 0 saturated carbocycles. The van der Waals surface area contributed by atoms with Gasteiger partial charge in [0.2, 0.25) is 0 Å². The van der Waals surface area contributed by atoms with Gasteiger partial charge in [-0.2, -0.15) is 0 Å². The normalized spacial score (nSPS) is 12.5. The average molecular weight is 349 g/mol. The van der Waals surface area contributed by atoms with Crippen LogP contribution in [0.1, 0.15) is 15.9 Å². The lowest BCUT2D eigenvalue weighted by Gasteiger charge is -2.19. The van der Waals surface area contributed by atoms with E-state index in [0.29, 0.717) is 24.7 Å². The van der Waals surface area contributed by atoms with Crippen LogP contribution in [0.15, 0.2) is 36.4 Å². The molecule has 0 aromatic heterocycles. The van der Waals surface area contributed by atoms with E-state index in [4.69, 9.17) is 21.1 Å². The van der Waals surface area contributed by atoms with E-state index in [2.05, 4.69) is 5.32 Å². The van der Waals surface area contributed by atoms with Gasteiger partial charge < -0.3 is 14.8 Å². The first-order valence-corrected chi connectivity index (χ1v) is 7.53. The molecule has 0 aliphatic carbocycles. The summed E-state index contributed by atoms with van der Waals surface area (Å²) >= 11 is 5.74. The third-order valence-electron chi connectivity index (χ3n) is 3.46. The van der Waals surface area contributed by atoms with Gasteiger partial charge in [-0.15, -0.1) is 0 Å². The van der Waals surface area contributed by atoms with Crippen molar-refractivity contribution >= 4 is 23.2 Å². The molecule has 0 radical (unpaired) electrons. The minimum atomic E-state index is -0.625. The van der Waals surface area contributed by atoms with E-state index in [-0.39, 0.29) is 22.8 Å². The Hall–Kier alpha value is -2.80. The topological polar surface area (TPSA) is 90.7 Å². The Bertz CT molecular complexity index is 809. The lowest BCUT2D eigenvalue weighted by molar-refractivity contribution is -0.384. The summed E-state index contributed by atoms with van der Waals surface area (Å²) in [6, 6.07) is 9.31. The quantitative estimate of drug-likeness (QED) is 0.677. The average Bonchev–Trinajstić information content (AvgIpc) is 2.59. The fraction of sp³-hybridized carbons (Fsp3) is 0.188. The number of ether oxygens (including phenoxy) is 2. The molecule has 2 aromatic carbocycles. The minimum absolute atomic E-state index is 0.0108. The summed E-state index contributed by atoms with van der Waals surface area (Å²) < 4.78 is 10.9. The predicted molar refractivity (Wildman–Crippen MR) is 86.7 cm³/mol. The predicted octanol–water partition coefficient (Wildman–Crippen LogP) is 2.95. The Morgan fingerprint density at radius 1 is 1.17 bits per heavy atom.